The van der Waals surface area contributed by atoms with Crippen molar-refractivity contribution in [2.24, 2.45) is 0 Å². The second-order valence-electron chi connectivity index (χ2n) is 13.5. The van der Waals surface area contributed by atoms with Crippen LogP contribution in [0.3, 0.4) is 0 Å². The number of rotatable bonds is 3. The largest absolute Gasteiger partial charge is 0.457 e. The molecule has 2 aliphatic rings. The molecule has 4 nitrogen and oxygen atoms in total. The number of nitrogens with zero attached hydrogens (tertiary/aromatic N) is 2. The number of ether oxygens (including phenoxy) is 2. The van der Waals surface area contributed by atoms with Crippen molar-refractivity contribution in [1.29, 1.82) is 0 Å². The molecule has 2 aliphatic heterocycles. The molecular weight excluding hydrogens is 637 g/mol. The fourth-order valence-electron chi connectivity index (χ4n) is 8.59. The molecule has 1 spiro atoms. The van der Waals surface area contributed by atoms with E-state index in [1.165, 1.54) is 10.8 Å². The second kappa shape index (κ2) is 11.0. The van der Waals surface area contributed by atoms with Crippen molar-refractivity contribution in [1.82, 2.24) is 9.55 Å². The molecule has 7 aromatic carbocycles. The number of hydrogen-bond acceptors (Lipinski definition) is 3. The van der Waals surface area contributed by atoms with Crippen molar-refractivity contribution < 1.29 is 9.47 Å². The van der Waals surface area contributed by atoms with E-state index in [0.29, 0.717) is 0 Å². The minimum absolute atomic E-state index is 0.677. The molecule has 0 N–H and O–H groups in total. The topological polar surface area (TPSA) is 36.3 Å². The van der Waals surface area contributed by atoms with Crippen LogP contribution in [0, 0.1) is 0 Å². The van der Waals surface area contributed by atoms with E-state index in [0.717, 1.165) is 84.2 Å². The molecule has 0 saturated carbocycles. The van der Waals surface area contributed by atoms with E-state index in [9.17, 15) is 0 Å². The third-order valence-corrected chi connectivity index (χ3v) is 10.8. The first-order chi connectivity index (χ1) is 25.8. The lowest BCUT2D eigenvalue weighted by Gasteiger charge is -2.45. The van der Waals surface area contributed by atoms with Gasteiger partial charge in [-0.05, 0) is 65.2 Å². The zero-order valence-corrected chi connectivity index (χ0v) is 28.0. The molecule has 0 aliphatic carbocycles. The Labute approximate surface area is 300 Å². The van der Waals surface area contributed by atoms with Gasteiger partial charge in [-0.15, -0.1) is 0 Å². The average molecular weight is 667 g/mol. The molecule has 0 saturated heterocycles. The number of fused-ring (bicyclic) bond motifs is 11. The van der Waals surface area contributed by atoms with Gasteiger partial charge in [-0.1, -0.05) is 115 Å². The Morgan fingerprint density at radius 1 is 0.404 bits per heavy atom. The van der Waals surface area contributed by atoms with Crippen molar-refractivity contribution in [3.8, 4) is 50.9 Å². The first kappa shape index (κ1) is 28.9. The average Bonchev–Trinajstić information content (AvgIpc) is 3.55. The van der Waals surface area contributed by atoms with Crippen LogP contribution < -0.4 is 9.47 Å². The van der Waals surface area contributed by atoms with Crippen molar-refractivity contribution >= 4 is 21.8 Å². The van der Waals surface area contributed by atoms with E-state index in [1.54, 1.807) is 6.20 Å². The van der Waals surface area contributed by atoms with Crippen LogP contribution in [0.4, 0.5) is 0 Å². The van der Waals surface area contributed by atoms with Gasteiger partial charge < -0.3 is 14.0 Å². The van der Waals surface area contributed by atoms with Gasteiger partial charge in [0.2, 0.25) is 0 Å². The highest BCUT2D eigenvalue weighted by Gasteiger charge is 2.50. The summed E-state index contributed by atoms with van der Waals surface area (Å²) in [6, 6.07) is 60.2. The minimum Gasteiger partial charge on any atom is -0.457 e. The van der Waals surface area contributed by atoms with E-state index in [2.05, 4.69) is 173 Å². The van der Waals surface area contributed by atoms with Crippen molar-refractivity contribution in [3.05, 3.63) is 205 Å². The lowest BCUT2D eigenvalue weighted by atomic mass is 9.62. The first-order valence-corrected chi connectivity index (χ1v) is 17.6. The molecule has 0 fully saturated rings. The Hall–Kier alpha value is -6.91. The zero-order chi connectivity index (χ0) is 34.2. The summed E-state index contributed by atoms with van der Waals surface area (Å²) in [5, 5.41) is 2.46. The molecular formula is C48H30N2O2. The Balaban J connectivity index is 1.14. The number of aromatic nitrogens is 2. The van der Waals surface area contributed by atoms with Crippen LogP contribution in [-0.4, -0.2) is 9.55 Å². The van der Waals surface area contributed by atoms with Crippen molar-refractivity contribution in [3.63, 3.8) is 0 Å². The minimum atomic E-state index is -0.677. The number of hydrogen-bond donors (Lipinski definition) is 0. The molecule has 0 radical (unpaired) electrons. The summed E-state index contributed by atoms with van der Waals surface area (Å²) >= 11 is 0. The maximum absolute atomic E-state index is 6.89. The van der Waals surface area contributed by atoms with Crippen LogP contribution in [-0.2, 0) is 5.41 Å². The number of para-hydroxylation sites is 4. The molecule has 11 rings (SSSR count). The maximum Gasteiger partial charge on any atom is 0.134 e. The van der Waals surface area contributed by atoms with Crippen LogP contribution in [0.1, 0.15) is 22.3 Å². The van der Waals surface area contributed by atoms with E-state index < -0.39 is 5.41 Å². The summed E-state index contributed by atoms with van der Waals surface area (Å²) in [7, 11) is 0. The predicted molar refractivity (Wildman–Crippen MR) is 208 cm³/mol. The van der Waals surface area contributed by atoms with Gasteiger partial charge in [-0.2, -0.15) is 0 Å². The lowest BCUT2D eigenvalue weighted by Crippen LogP contribution is -2.36. The maximum atomic E-state index is 6.89. The van der Waals surface area contributed by atoms with Crippen LogP contribution in [0.5, 0.6) is 23.0 Å². The highest BCUT2D eigenvalue weighted by molar-refractivity contribution is 6.09. The molecule has 52 heavy (non-hydrogen) atoms. The van der Waals surface area contributed by atoms with Gasteiger partial charge in [0.25, 0.3) is 0 Å². The third kappa shape index (κ3) is 4.06. The summed E-state index contributed by atoms with van der Waals surface area (Å²) < 4.78 is 16.1. The standard InChI is InChI=1S/C48H30N2O2/c1-5-18-42-36(14-1)37-15-2-6-19-43(37)50(42)35-23-25-41-47(29-35)52-45-21-8-4-17-39(45)48(41)38-16-3-7-20-44(38)51-46-28-33(22-24-40(46)48)31-11-9-12-32(27-31)34-13-10-26-49-30-34/h1-30H. The molecule has 244 valence electrons. The zero-order valence-electron chi connectivity index (χ0n) is 28.0. The smallest absolute Gasteiger partial charge is 0.134 e. The SMILES string of the molecule is c1cncc(-c2cccc(-c3ccc4c(c3)Oc3ccccc3C43c4ccccc4Oc4cc(-n5c6ccccc6c6ccccc65)ccc43)c2)c1. The summed E-state index contributed by atoms with van der Waals surface area (Å²) in [6.07, 6.45) is 3.71. The molecule has 4 heteroatoms. The van der Waals surface area contributed by atoms with Gasteiger partial charge in [0.05, 0.1) is 16.4 Å². The predicted octanol–water partition coefficient (Wildman–Crippen LogP) is 12.1. The molecule has 1 atom stereocenters. The Morgan fingerprint density at radius 3 is 1.62 bits per heavy atom. The summed E-state index contributed by atoms with van der Waals surface area (Å²) in [5.74, 6) is 3.33. The Kier molecular flexibility index (Phi) is 6.13. The molecule has 1 unspecified atom stereocenters. The van der Waals surface area contributed by atoms with Crippen LogP contribution >= 0.6 is 0 Å². The Morgan fingerprint density at radius 2 is 0.942 bits per heavy atom. The molecule has 0 amide bonds. The van der Waals surface area contributed by atoms with Crippen LogP contribution in [0.15, 0.2) is 182 Å². The summed E-state index contributed by atoms with van der Waals surface area (Å²) in [4.78, 5) is 4.34. The Bertz CT molecular complexity index is 2810. The van der Waals surface area contributed by atoms with E-state index in [1.807, 2.05) is 12.3 Å². The molecule has 0 bridgehead atoms. The van der Waals surface area contributed by atoms with E-state index >= 15 is 0 Å². The van der Waals surface area contributed by atoms with Gasteiger partial charge >= 0.3 is 0 Å². The van der Waals surface area contributed by atoms with Crippen LogP contribution in [0.2, 0.25) is 0 Å². The lowest BCUT2D eigenvalue weighted by molar-refractivity contribution is 0.399. The number of pyridine rings is 1. The van der Waals surface area contributed by atoms with Crippen molar-refractivity contribution in [2.45, 2.75) is 5.41 Å². The van der Waals surface area contributed by atoms with Crippen LogP contribution in [0.25, 0.3) is 49.7 Å². The fraction of sp³-hybridized carbons (Fsp3) is 0.0208. The quantitative estimate of drug-likeness (QED) is 0.188. The first-order valence-electron chi connectivity index (χ1n) is 17.6. The monoisotopic (exact) mass is 666 g/mol. The molecule has 2 aromatic heterocycles. The number of benzene rings is 7. The summed E-state index contributed by atoms with van der Waals surface area (Å²) in [5.41, 5.74) is 11.5. The van der Waals surface area contributed by atoms with Gasteiger partial charge in [0.15, 0.2) is 0 Å². The third-order valence-electron chi connectivity index (χ3n) is 10.8. The van der Waals surface area contributed by atoms with E-state index in [4.69, 9.17) is 9.47 Å². The molecule has 4 heterocycles. The van der Waals surface area contributed by atoms with E-state index in [-0.39, 0.29) is 0 Å². The normalized spacial score (nSPS) is 15.3. The highest BCUT2D eigenvalue weighted by Crippen LogP contribution is 2.62. The molecule has 9 aromatic rings. The van der Waals surface area contributed by atoms with Gasteiger partial charge in [-0.25, -0.2) is 0 Å². The second-order valence-corrected chi connectivity index (χ2v) is 13.5. The van der Waals surface area contributed by atoms with Gasteiger partial charge in [0, 0.05) is 62.7 Å². The highest BCUT2D eigenvalue weighted by atomic mass is 16.5. The van der Waals surface area contributed by atoms with Gasteiger partial charge in [-0.3, -0.25) is 4.98 Å². The summed E-state index contributed by atoms with van der Waals surface area (Å²) in [6.45, 7) is 0. The van der Waals surface area contributed by atoms with Crippen molar-refractivity contribution in [2.75, 3.05) is 0 Å². The fourth-order valence-corrected chi connectivity index (χ4v) is 8.59. The van der Waals surface area contributed by atoms with Gasteiger partial charge in [0.1, 0.15) is 23.0 Å².